The molecule has 3 unspecified atom stereocenters. The Morgan fingerprint density at radius 1 is 0.900 bits per heavy atom. The van der Waals surface area contributed by atoms with Crippen LogP contribution in [0.3, 0.4) is 0 Å². The minimum absolute atomic E-state index is 0.0327. The highest BCUT2D eigenvalue weighted by Gasteiger charge is 2.47. The smallest absolute Gasteiger partial charge is 0.321 e. The molecule has 16 nitrogen and oxygen atoms in total. The van der Waals surface area contributed by atoms with E-state index in [-0.39, 0.29) is 30.6 Å². The first-order valence-electron chi connectivity index (χ1n) is 21.1. The van der Waals surface area contributed by atoms with Crippen LogP contribution in [-0.4, -0.2) is 111 Å². The molecule has 2 aliphatic carbocycles. The molecule has 1 aromatic heterocycles. The summed E-state index contributed by atoms with van der Waals surface area (Å²) in [5.41, 5.74) is 5.28. The molecule has 0 spiro atoms. The van der Waals surface area contributed by atoms with Crippen molar-refractivity contribution in [1.82, 2.24) is 35.7 Å². The maximum absolute atomic E-state index is 14.8. The number of rotatable bonds is 14. The van der Waals surface area contributed by atoms with Crippen LogP contribution in [0.4, 0.5) is 10.5 Å². The SMILES string of the molecule is CN(C(=O)C(NC(=O)C(NC(=O)c1cnccn1)C1CCCCC1)C(C)(C)C)[C@H]1CN(C(=O)Nc2ccc3ccccc3c2)C[C@H]1C(=O)N[C@@H](CC1CCC1)C(O)C(N)=O. The minimum atomic E-state index is -1.63. The van der Waals surface area contributed by atoms with Gasteiger partial charge in [-0.2, -0.15) is 0 Å². The number of nitrogens with two attached hydrogens (primary N) is 1. The van der Waals surface area contributed by atoms with Crippen molar-refractivity contribution in [3.8, 4) is 0 Å². The average molecular weight is 826 g/mol. The number of amides is 7. The van der Waals surface area contributed by atoms with Gasteiger partial charge in [0.1, 0.15) is 17.8 Å². The third-order valence-electron chi connectivity index (χ3n) is 12.5. The van der Waals surface area contributed by atoms with Gasteiger partial charge in [0, 0.05) is 38.2 Å². The minimum Gasteiger partial charge on any atom is -0.381 e. The number of nitrogens with one attached hydrogen (secondary N) is 4. The number of urea groups is 1. The van der Waals surface area contributed by atoms with E-state index in [1.807, 2.05) is 57.2 Å². The van der Waals surface area contributed by atoms with E-state index in [0.29, 0.717) is 12.1 Å². The van der Waals surface area contributed by atoms with Crippen molar-refractivity contribution in [3.05, 3.63) is 66.7 Å². The molecule has 3 fully saturated rings. The largest absolute Gasteiger partial charge is 0.381 e. The average Bonchev–Trinajstić information content (AvgIpc) is 3.68. The second-order valence-electron chi connectivity index (χ2n) is 17.8. The number of primary amides is 1. The third-order valence-corrected chi connectivity index (χ3v) is 12.5. The first-order valence-corrected chi connectivity index (χ1v) is 21.1. The van der Waals surface area contributed by atoms with Crippen LogP contribution in [0.5, 0.6) is 0 Å². The van der Waals surface area contributed by atoms with Crippen molar-refractivity contribution in [2.45, 2.75) is 109 Å². The number of aliphatic hydroxyl groups is 1. The normalized spacial score (nSPS) is 20.5. The number of hydrogen-bond acceptors (Lipinski definition) is 9. The Morgan fingerprint density at radius 3 is 2.25 bits per heavy atom. The van der Waals surface area contributed by atoms with Crippen LogP contribution in [0.2, 0.25) is 0 Å². The van der Waals surface area contributed by atoms with Gasteiger partial charge in [-0.15, -0.1) is 0 Å². The van der Waals surface area contributed by atoms with Gasteiger partial charge >= 0.3 is 6.03 Å². The fourth-order valence-electron chi connectivity index (χ4n) is 8.66. The van der Waals surface area contributed by atoms with E-state index in [9.17, 15) is 33.9 Å². The van der Waals surface area contributed by atoms with Crippen molar-refractivity contribution in [1.29, 1.82) is 0 Å². The zero-order valence-electron chi connectivity index (χ0n) is 34.9. The molecule has 322 valence electrons. The number of hydrogen-bond donors (Lipinski definition) is 6. The molecule has 2 heterocycles. The lowest BCUT2D eigenvalue weighted by molar-refractivity contribution is -0.142. The molecule has 6 atom stereocenters. The molecule has 1 saturated heterocycles. The lowest BCUT2D eigenvalue weighted by Crippen LogP contribution is -2.61. The molecule has 1 aliphatic heterocycles. The van der Waals surface area contributed by atoms with Crippen LogP contribution in [0.25, 0.3) is 10.8 Å². The summed E-state index contributed by atoms with van der Waals surface area (Å²) in [7, 11) is 1.54. The topological polar surface area (TPSA) is 229 Å². The second kappa shape index (κ2) is 19.2. The molecule has 6 rings (SSSR count). The summed E-state index contributed by atoms with van der Waals surface area (Å²) in [6.07, 6.45) is 9.95. The van der Waals surface area contributed by atoms with Crippen molar-refractivity contribution in [2.75, 3.05) is 25.5 Å². The molecular weight excluding hydrogens is 767 g/mol. The number of benzene rings is 2. The molecule has 7 amide bonds. The Balaban J connectivity index is 1.25. The molecule has 2 aromatic carbocycles. The predicted octanol–water partition coefficient (Wildman–Crippen LogP) is 3.35. The number of aliphatic hydroxyl groups excluding tert-OH is 1. The van der Waals surface area contributed by atoms with Crippen LogP contribution < -0.4 is 27.0 Å². The van der Waals surface area contributed by atoms with Crippen LogP contribution in [0, 0.1) is 23.2 Å². The van der Waals surface area contributed by atoms with Gasteiger partial charge in [0.15, 0.2) is 6.10 Å². The Kier molecular flexibility index (Phi) is 14.0. The summed E-state index contributed by atoms with van der Waals surface area (Å²) in [6.45, 7) is 5.33. The molecule has 3 aromatic rings. The summed E-state index contributed by atoms with van der Waals surface area (Å²) in [5.74, 6) is -4.03. The highest BCUT2D eigenvalue weighted by Crippen LogP contribution is 2.33. The molecule has 3 aliphatic rings. The van der Waals surface area contributed by atoms with Gasteiger partial charge in [0.2, 0.25) is 23.6 Å². The monoisotopic (exact) mass is 825 g/mol. The number of likely N-dealkylation sites (N-methyl/N-ethyl adjacent to an activating group) is 1. The molecule has 7 N–H and O–H groups in total. The van der Waals surface area contributed by atoms with Crippen molar-refractivity contribution >= 4 is 52.0 Å². The summed E-state index contributed by atoms with van der Waals surface area (Å²) < 4.78 is 0. The quantitative estimate of drug-likeness (QED) is 0.140. The Labute approximate surface area is 350 Å². The first-order chi connectivity index (χ1) is 28.6. The van der Waals surface area contributed by atoms with Crippen molar-refractivity contribution in [2.24, 2.45) is 28.9 Å². The van der Waals surface area contributed by atoms with Gasteiger partial charge in [-0.05, 0) is 59.4 Å². The lowest BCUT2D eigenvalue weighted by Gasteiger charge is -2.38. The zero-order valence-corrected chi connectivity index (χ0v) is 34.9. The van der Waals surface area contributed by atoms with E-state index in [4.69, 9.17) is 5.73 Å². The summed E-state index contributed by atoms with van der Waals surface area (Å²) in [5, 5.41) is 24.4. The standard InChI is InChI=1S/C44H59N9O7/c1-44(2,3)37(51-41(58)35(28-14-6-5-7-15-28)50-40(57)33-23-46-19-20-47-33)42(59)52(4)34-25-53(43(60)48-30-18-17-27-13-8-9-16-29(27)22-30)24-31(34)39(56)49-32(36(54)38(45)55)21-26-11-10-12-26/h8-9,13,16-20,22-23,26,28,31-32,34-37,54H,5-7,10-12,14-15,21,24-25H2,1-4H3,(H2,45,55)(H,48,60)(H,49,56)(H,50,57)(H,51,58)/t31-,32+,34+,35?,36?,37?/m1/s1. The number of fused-ring (bicyclic) bond motifs is 1. The highest BCUT2D eigenvalue weighted by atomic mass is 16.3. The number of carbonyl (C=O) groups is 6. The van der Waals surface area contributed by atoms with Gasteiger partial charge in [-0.25, -0.2) is 9.78 Å². The predicted molar refractivity (Wildman–Crippen MR) is 225 cm³/mol. The molecule has 60 heavy (non-hydrogen) atoms. The van der Waals surface area contributed by atoms with Crippen LogP contribution >= 0.6 is 0 Å². The fourth-order valence-corrected chi connectivity index (χ4v) is 8.66. The number of carbonyl (C=O) groups excluding carboxylic acids is 6. The highest BCUT2D eigenvalue weighted by molar-refractivity contribution is 5.98. The summed E-state index contributed by atoms with van der Waals surface area (Å²) in [4.78, 5) is 93.8. The maximum Gasteiger partial charge on any atom is 0.321 e. The number of aromatic nitrogens is 2. The first kappa shape index (κ1) is 43.9. The van der Waals surface area contributed by atoms with E-state index in [1.54, 1.807) is 13.1 Å². The second-order valence-corrected chi connectivity index (χ2v) is 17.8. The fraction of sp³-hybridized carbons (Fsp3) is 0.545. The Bertz CT molecular complexity index is 2030. The van der Waals surface area contributed by atoms with E-state index in [0.717, 1.165) is 62.1 Å². The van der Waals surface area contributed by atoms with E-state index in [1.165, 1.54) is 28.4 Å². The molecular formula is C44H59N9O7. The molecule has 0 bridgehead atoms. The molecule has 0 radical (unpaired) electrons. The van der Waals surface area contributed by atoms with Gasteiger partial charge < -0.3 is 41.9 Å². The lowest BCUT2D eigenvalue weighted by atomic mass is 9.79. The van der Waals surface area contributed by atoms with E-state index >= 15 is 0 Å². The van der Waals surface area contributed by atoms with Gasteiger partial charge in [-0.1, -0.05) is 89.6 Å². The molecule has 2 saturated carbocycles. The van der Waals surface area contributed by atoms with Crippen LogP contribution in [-0.2, 0) is 19.2 Å². The number of likely N-dealkylation sites (tertiary alicyclic amines) is 1. The van der Waals surface area contributed by atoms with E-state index in [2.05, 4.69) is 31.2 Å². The Morgan fingerprint density at radius 2 is 1.62 bits per heavy atom. The van der Waals surface area contributed by atoms with Gasteiger partial charge in [0.05, 0.1) is 24.2 Å². The van der Waals surface area contributed by atoms with Crippen molar-refractivity contribution in [3.63, 3.8) is 0 Å². The van der Waals surface area contributed by atoms with E-state index < -0.39 is 77.2 Å². The third kappa shape index (κ3) is 10.6. The maximum atomic E-state index is 14.8. The van der Waals surface area contributed by atoms with Crippen LogP contribution in [0.1, 0.15) is 89.0 Å². The summed E-state index contributed by atoms with van der Waals surface area (Å²) in [6, 6.07) is 8.89. The van der Waals surface area contributed by atoms with Gasteiger partial charge in [-0.3, -0.25) is 29.0 Å². The summed E-state index contributed by atoms with van der Waals surface area (Å²) >= 11 is 0. The number of anilines is 1. The van der Waals surface area contributed by atoms with Crippen molar-refractivity contribution < 1.29 is 33.9 Å². The van der Waals surface area contributed by atoms with Crippen LogP contribution in [0.15, 0.2) is 61.1 Å². The number of nitrogens with zero attached hydrogens (tertiary/aromatic N) is 4. The Hall–Kier alpha value is -5.64. The van der Waals surface area contributed by atoms with Gasteiger partial charge in [0.25, 0.3) is 5.91 Å². The molecule has 16 heteroatoms. The zero-order chi connectivity index (χ0) is 43.1.